The third kappa shape index (κ3) is 3.07. The number of amides is 1. The molecule has 1 aliphatic rings. The highest BCUT2D eigenvalue weighted by atomic mass is 16.5. The third-order valence-corrected chi connectivity index (χ3v) is 2.80. The first kappa shape index (κ1) is 12.6. The maximum absolute atomic E-state index is 11.7. The fraction of sp³-hybridized carbons (Fsp3) is 0.545. The van der Waals surface area contributed by atoms with Crippen LogP contribution < -0.4 is 5.32 Å². The topological polar surface area (TPSA) is 104 Å². The Labute approximate surface area is 104 Å². The molecular weight excluding hydrogens is 238 g/mol. The summed E-state index contributed by atoms with van der Waals surface area (Å²) in [6.07, 6.45) is 3.29. The Hall–Kier alpha value is -1.89. The molecule has 0 saturated carbocycles. The fourth-order valence-corrected chi connectivity index (χ4v) is 1.86. The number of hydrogen-bond acceptors (Lipinski definition) is 4. The fourth-order valence-electron chi connectivity index (χ4n) is 1.86. The lowest BCUT2D eigenvalue weighted by Gasteiger charge is -2.11. The molecule has 0 unspecified atom stereocenters. The molecule has 1 aliphatic heterocycles. The number of hydrogen-bond donors (Lipinski definition) is 3. The summed E-state index contributed by atoms with van der Waals surface area (Å²) in [5, 5.41) is 11.5. The van der Waals surface area contributed by atoms with Gasteiger partial charge < -0.3 is 20.1 Å². The minimum absolute atomic E-state index is 0.259. The molecule has 2 atom stereocenters. The zero-order valence-corrected chi connectivity index (χ0v) is 9.76. The molecule has 18 heavy (non-hydrogen) atoms. The van der Waals surface area contributed by atoms with E-state index in [4.69, 9.17) is 9.84 Å². The van der Waals surface area contributed by atoms with Crippen molar-refractivity contribution in [2.24, 2.45) is 0 Å². The lowest BCUT2D eigenvalue weighted by Crippen LogP contribution is -2.36. The summed E-state index contributed by atoms with van der Waals surface area (Å²) in [7, 11) is 0. The summed E-state index contributed by atoms with van der Waals surface area (Å²) in [6, 6.07) is 0. The van der Waals surface area contributed by atoms with Crippen molar-refractivity contribution in [3.63, 3.8) is 0 Å². The van der Waals surface area contributed by atoms with Gasteiger partial charge in [0.15, 0.2) is 6.10 Å². The highest BCUT2D eigenvalue weighted by molar-refractivity contribution is 5.82. The van der Waals surface area contributed by atoms with Gasteiger partial charge in [-0.1, -0.05) is 0 Å². The number of carboxylic acid groups (broad SMARTS) is 1. The summed E-state index contributed by atoms with van der Waals surface area (Å²) in [5.41, 5.74) is 0. The van der Waals surface area contributed by atoms with Crippen LogP contribution in [0.1, 0.15) is 18.7 Å². The molecule has 1 saturated heterocycles. The van der Waals surface area contributed by atoms with Crippen LogP contribution in [0.2, 0.25) is 0 Å². The molecular formula is C11H15N3O4. The van der Waals surface area contributed by atoms with Crippen LogP contribution in [0.3, 0.4) is 0 Å². The van der Waals surface area contributed by atoms with Crippen molar-refractivity contribution in [2.75, 3.05) is 6.54 Å². The average Bonchev–Trinajstić information content (AvgIpc) is 2.99. The number of carbonyl (C=O) groups is 2. The van der Waals surface area contributed by atoms with E-state index in [-0.39, 0.29) is 5.91 Å². The molecule has 98 valence electrons. The summed E-state index contributed by atoms with van der Waals surface area (Å²) in [6.45, 7) is 0.448. The van der Waals surface area contributed by atoms with E-state index < -0.39 is 18.2 Å². The van der Waals surface area contributed by atoms with Crippen molar-refractivity contribution in [3.8, 4) is 0 Å². The van der Waals surface area contributed by atoms with Gasteiger partial charge in [0.2, 0.25) is 5.91 Å². The number of aliphatic carboxylic acids is 1. The van der Waals surface area contributed by atoms with Crippen LogP contribution >= 0.6 is 0 Å². The van der Waals surface area contributed by atoms with E-state index in [1.165, 1.54) is 0 Å². The van der Waals surface area contributed by atoms with Gasteiger partial charge in [-0.25, -0.2) is 9.78 Å². The standard InChI is InChI=1S/C11H15N3O4/c15-10(7-1-2-8(18-7)11(16)17)14-4-3-9-12-5-6-13-9/h5-8H,1-4H2,(H,12,13)(H,14,15)(H,16,17)/t7-,8+/m0/s1. The van der Waals surface area contributed by atoms with Crippen molar-refractivity contribution in [1.29, 1.82) is 0 Å². The second-order valence-corrected chi connectivity index (χ2v) is 4.11. The normalized spacial score (nSPS) is 22.9. The second-order valence-electron chi connectivity index (χ2n) is 4.11. The van der Waals surface area contributed by atoms with Gasteiger partial charge in [-0.15, -0.1) is 0 Å². The monoisotopic (exact) mass is 253 g/mol. The number of carboxylic acids is 1. The Morgan fingerprint density at radius 2 is 2.28 bits per heavy atom. The minimum Gasteiger partial charge on any atom is -0.479 e. The summed E-state index contributed by atoms with van der Waals surface area (Å²) < 4.78 is 5.14. The molecule has 1 aromatic rings. The Morgan fingerprint density at radius 3 is 2.89 bits per heavy atom. The van der Waals surface area contributed by atoms with E-state index in [2.05, 4.69) is 15.3 Å². The molecule has 0 radical (unpaired) electrons. The Kier molecular flexibility index (Phi) is 3.93. The van der Waals surface area contributed by atoms with Gasteiger partial charge in [0, 0.05) is 25.4 Å². The van der Waals surface area contributed by atoms with Crippen LogP contribution in [-0.2, 0) is 20.7 Å². The molecule has 1 fully saturated rings. The smallest absolute Gasteiger partial charge is 0.332 e. The molecule has 1 aromatic heterocycles. The molecule has 2 heterocycles. The van der Waals surface area contributed by atoms with Crippen molar-refractivity contribution < 1.29 is 19.4 Å². The Bertz CT molecular complexity index is 418. The van der Waals surface area contributed by atoms with E-state index in [1.807, 2.05) is 0 Å². The number of carbonyl (C=O) groups excluding carboxylic acids is 1. The van der Waals surface area contributed by atoms with Crippen LogP contribution in [0.5, 0.6) is 0 Å². The highest BCUT2D eigenvalue weighted by Crippen LogP contribution is 2.19. The van der Waals surface area contributed by atoms with Crippen molar-refractivity contribution in [3.05, 3.63) is 18.2 Å². The number of nitrogens with zero attached hydrogens (tertiary/aromatic N) is 1. The van der Waals surface area contributed by atoms with E-state index in [9.17, 15) is 9.59 Å². The van der Waals surface area contributed by atoms with E-state index in [0.29, 0.717) is 25.8 Å². The number of imidazole rings is 1. The number of ether oxygens (including phenoxy) is 1. The van der Waals surface area contributed by atoms with Gasteiger partial charge in [-0.3, -0.25) is 4.79 Å². The van der Waals surface area contributed by atoms with E-state index in [0.717, 1.165) is 5.82 Å². The van der Waals surface area contributed by atoms with Crippen LogP contribution in [0.25, 0.3) is 0 Å². The molecule has 0 aliphatic carbocycles. The summed E-state index contributed by atoms with van der Waals surface area (Å²) >= 11 is 0. The van der Waals surface area contributed by atoms with Gasteiger partial charge in [0.1, 0.15) is 11.9 Å². The van der Waals surface area contributed by atoms with Crippen LogP contribution in [0, 0.1) is 0 Å². The molecule has 2 rings (SSSR count). The second kappa shape index (κ2) is 5.63. The predicted molar refractivity (Wildman–Crippen MR) is 60.8 cm³/mol. The van der Waals surface area contributed by atoms with Gasteiger partial charge >= 0.3 is 5.97 Å². The molecule has 0 bridgehead atoms. The van der Waals surface area contributed by atoms with Gasteiger partial charge in [-0.05, 0) is 12.8 Å². The highest BCUT2D eigenvalue weighted by Gasteiger charge is 2.34. The third-order valence-electron chi connectivity index (χ3n) is 2.80. The largest absolute Gasteiger partial charge is 0.479 e. The summed E-state index contributed by atoms with van der Waals surface area (Å²) in [5.74, 6) is -0.475. The molecule has 0 aromatic carbocycles. The van der Waals surface area contributed by atoms with Crippen molar-refractivity contribution in [2.45, 2.75) is 31.5 Å². The molecule has 0 spiro atoms. The maximum atomic E-state index is 11.7. The average molecular weight is 253 g/mol. The van der Waals surface area contributed by atoms with Gasteiger partial charge in [-0.2, -0.15) is 0 Å². The lowest BCUT2D eigenvalue weighted by molar-refractivity contribution is -0.151. The lowest BCUT2D eigenvalue weighted by atomic mass is 10.2. The first-order valence-electron chi connectivity index (χ1n) is 5.81. The molecule has 7 nitrogen and oxygen atoms in total. The zero-order chi connectivity index (χ0) is 13.0. The zero-order valence-electron chi connectivity index (χ0n) is 9.76. The van der Waals surface area contributed by atoms with E-state index >= 15 is 0 Å². The summed E-state index contributed by atoms with van der Waals surface area (Å²) in [4.78, 5) is 29.3. The van der Waals surface area contributed by atoms with Crippen LogP contribution in [-0.4, -0.2) is 45.7 Å². The SMILES string of the molecule is O=C(NCCc1ncc[nH]1)[C@@H]1CC[C@H](C(=O)O)O1. The molecule has 7 heteroatoms. The Balaban J connectivity index is 1.71. The number of H-pyrrole nitrogens is 1. The molecule has 3 N–H and O–H groups in total. The van der Waals surface area contributed by atoms with Crippen LogP contribution in [0.4, 0.5) is 0 Å². The number of aromatic amines is 1. The van der Waals surface area contributed by atoms with Crippen molar-refractivity contribution >= 4 is 11.9 Å². The maximum Gasteiger partial charge on any atom is 0.332 e. The first-order valence-corrected chi connectivity index (χ1v) is 5.81. The molecule has 1 amide bonds. The quantitative estimate of drug-likeness (QED) is 0.668. The first-order chi connectivity index (χ1) is 8.66. The number of nitrogens with one attached hydrogen (secondary N) is 2. The van der Waals surface area contributed by atoms with Gasteiger partial charge in [0.25, 0.3) is 0 Å². The number of aromatic nitrogens is 2. The van der Waals surface area contributed by atoms with Crippen molar-refractivity contribution in [1.82, 2.24) is 15.3 Å². The van der Waals surface area contributed by atoms with E-state index in [1.54, 1.807) is 12.4 Å². The van der Waals surface area contributed by atoms with Gasteiger partial charge in [0.05, 0.1) is 0 Å². The Morgan fingerprint density at radius 1 is 1.50 bits per heavy atom. The minimum atomic E-state index is -1.01. The van der Waals surface area contributed by atoms with Crippen LogP contribution in [0.15, 0.2) is 12.4 Å². The number of rotatable bonds is 5. The predicted octanol–water partition coefficient (Wildman–Crippen LogP) is -0.299.